The van der Waals surface area contributed by atoms with Crippen LogP contribution in [0.15, 0.2) is 12.1 Å². The highest BCUT2D eigenvalue weighted by molar-refractivity contribution is 7.17. The van der Waals surface area contributed by atoms with Crippen LogP contribution in [0.1, 0.15) is 23.0 Å². The molecule has 0 saturated heterocycles. The van der Waals surface area contributed by atoms with Crippen molar-refractivity contribution < 1.29 is 14.5 Å². The maximum absolute atomic E-state index is 11.2. The summed E-state index contributed by atoms with van der Waals surface area (Å²) >= 11 is 0.826. The van der Waals surface area contributed by atoms with E-state index in [4.69, 9.17) is 4.74 Å². The summed E-state index contributed by atoms with van der Waals surface area (Å²) in [7, 11) is 0. The molecule has 1 rings (SSSR count). The van der Waals surface area contributed by atoms with Crippen molar-refractivity contribution in [2.75, 3.05) is 6.61 Å². The Labute approximate surface area is 84.5 Å². The summed E-state index contributed by atoms with van der Waals surface area (Å²) in [6, 6.07) is 2.70. The second-order valence-electron chi connectivity index (χ2n) is 2.53. The number of carbonyl (C=O) groups excluding carboxylic acids is 1. The molecule has 0 amide bonds. The van der Waals surface area contributed by atoms with E-state index >= 15 is 0 Å². The maximum atomic E-state index is 11.2. The van der Waals surface area contributed by atoms with Gasteiger partial charge in [0.1, 0.15) is 4.88 Å². The number of hydrogen-bond acceptors (Lipinski definition) is 5. The van der Waals surface area contributed by atoms with E-state index in [9.17, 15) is 14.9 Å². The average molecular weight is 215 g/mol. The van der Waals surface area contributed by atoms with Crippen molar-refractivity contribution in [1.82, 2.24) is 0 Å². The predicted molar refractivity (Wildman–Crippen MR) is 51.5 cm³/mol. The molecule has 14 heavy (non-hydrogen) atoms. The Balaban J connectivity index is 2.66. The highest BCUT2D eigenvalue weighted by atomic mass is 32.1. The summed E-state index contributed by atoms with van der Waals surface area (Å²) in [5.74, 6) is -0.495. The van der Waals surface area contributed by atoms with Crippen LogP contribution in [0, 0.1) is 10.1 Å². The number of thiophene rings is 1. The van der Waals surface area contributed by atoms with Crippen molar-refractivity contribution in [3.63, 3.8) is 0 Å². The molecule has 0 saturated carbocycles. The number of nitrogens with zero attached hydrogens (tertiary/aromatic N) is 1. The van der Waals surface area contributed by atoms with Crippen molar-refractivity contribution in [2.24, 2.45) is 0 Å². The molecular weight excluding hydrogens is 206 g/mol. The monoisotopic (exact) mass is 215 g/mol. The molecule has 0 aliphatic rings. The van der Waals surface area contributed by atoms with Gasteiger partial charge in [-0.25, -0.2) is 4.79 Å². The first-order chi connectivity index (χ1) is 6.65. The fourth-order valence-electron chi connectivity index (χ4n) is 0.801. The third-order valence-corrected chi connectivity index (χ3v) is 2.43. The van der Waals surface area contributed by atoms with Crippen molar-refractivity contribution in [3.05, 3.63) is 27.1 Å². The predicted octanol–water partition coefficient (Wildman–Crippen LogP) is 2.22. The quantitative estimate of drug-likeness (QED) is 0.438. The third-order valence-electron chi connectivity index (χ3n) is 1.41. The molecule has 5 nitrogen and oxygen atoms in total. The molecule has 0 N–H and O–H groups in total. The van der Waals surface area contributed by atoms with Gasteiger partial charge in [-0.05, 0) is 12.5 Å². The lowest BCUT2D eigenvalue weighted by atomic mass is 10.4. The molecule has 0 bridgehead atoms. The Bertz CT molecular complexity index is 347. The van der Waals surface area contributed by atoms with Crippen LogP contribution in [0.3, 0.4) is 0 Å². The largest absolute Gasteiger partial charge is 0.462 e. The van der Waals surface area contributed by atoms with Crippen LogP contribution in [0.2, 0.25) is 0 Å². The molecule has 0 aromatic carbocycles. The van der Waals surface area contributed by atoms with Crippen molar-refractivity contribution >= 4 is 22.3 Å². The van der Waals surface area contributed by atoms with Crippen LogP contribution in [-0.2, 0) is 4.74 Å². The normalized spacial score (nSPS) is 9.79. The Morgan fingerprint density at radius 1 is 1.64 bits per heavy atom. The first kappa shape index (κ1) is 10.6. The van der Waals surface area contributed by atoms with Crippen molar-refractivity contribution in [2.45, 2.75) is 13.3 Å². The van der Waals surface area contributed by atoms with Crippen LogP contribution in [0.25, 0.3) is 0 Å². The lowest BCUT2D eigenvalue weighted by Crippen LogP contribution is -2.03. The summed E-state index contributed by atoms with van der Waals surface area (Å²) in [4.78, 5) is 21.3. The van der Waals surface area contributed by atoms with E-state index in [2.05, 4.69) is 0 Å². The molecule has 0 aliphatic heterocycles. The minimum Gasteiger partial charge on any atom is -0.462 e. The molecule has 6 heteroatoms. The van der Waals surface area contributed by atoms with Crippen LogP contribution in [0.5, 0.6) is 0 Å². The second kappa shape index (κ2) is 4.71. The van der Waals surface area contributed by atoms with Gasteiger partial charge in [0.05, 0.1) is 11.5 Å². The zero-order chi connectivity index (χ0) is 10.6. The molecule has 1 aromatic heterocycles. The average Bonchev–Trinajstić information content (AvgIpc) is 2.62. The summed E-state index contributed by atoms with van der Waals surface area (Å²) in [6.45, 7) is 2.22. The first-order valence-corrected chi connectivity index (χ1v) is 4.88. The lowest BCUT2D eigenvalue weighted by molar-refractivity contribution is -0.380. The highest BCUT2D eigenvalue weighted by Gasteiger charge is 2.15. The number of esters is 1. The van der Waals surface area contributed by atoms with E-state index < -0.39 is 10.9 Å². The van der Waals surface area contributed by atoms with Gasteiger partial charge in [0.15, 0.2) is 0 Å². The van der Waals surface area contributed by atoms with Crippen LogP contribution in [-0.4, -0.2) is 17.5 Å². The fourth-order valence-corrected chi connectivity index (χ4v) is 1.52. The van der Waals surface area contributed by atoms with E-state index in [1.807, 2.05) is 6.92 Å². The van der Waals surface area contributed by atoms with Crippen LogP contribution < -0.4 is 0 Å². The number of rotatable bonds is 4. The van der Waals surface area contributed by atoms with Gasteiger partial charge in [-0.2, -0.15) is 0 Å². The van der Waals surface area contributed by atoms with E-state index in [1.165, 1.54) is 12.1 Å². The maximum Gasteiger partial charge on any atom is 0.348 e. The smallest absolute Gasteiger partial charge is 0.348 e. The summed E-state index contributed by atoms with van der Waals surface area (Å²) in [5.41, 5.74) is 0. The summed E-state index contributed by atoms with van der Waals surface area (Å²) in [5, 5.41) is 10.3. The van der Waals surface area contributed by atoms with Crippen LogP contribution >= 0.6 is 11.3 Å². The number of nitro groups is 1. The van der Waals surface area contributed by atoms with Crippen molar-refractivity contribution in [3.8, 4) is 0 Å². The molecule has 1 aromatic rings. The van der Waals surface area contributed by atoms with Gasteiger partial charge in [0.2, 0.25) is 0 Å². The van der Waals surface area contributed by atoms with E-state index in [-0.39, 0.29) is 9.88 Å². The Morgan fingerprint density at radius 3 is 2.86 bits per heavy atom. The first-order valence-electron chi connectivity index (χ1n) is 4.06. The number of hydrogen-bond donors (Lipinski definition) is 0. The molecule has 1 heterocycles. The van der Waals surface area contributed by atoms with Gasteiger partial charge < -0.3 is 4.74 Å². The van der Waals surface area contributed by atoms with Gasteiger partial charge >= 0.3 is 11.0 Å². The summed E-state index contributed by atoms with van der Waals surface area (Å²) in [6.07, 6.45) is 0.735. The van der Waals surface area contributed by atoms with Crippen molar-refractivity contribution in [1.29, 1.82) is 0 Å². The molecular formula is C8H9NO4S. The lowest BCUT2D eigenvalue weighted by Gasteiger charge is -1.98. The summed E-state index contributed by atoms with van der Waals surface area (Å²) < 4.78 is 4.82. The van der Waals surface area contributed by atoms with Gasteiger partial charge in [-0.1, -0.05) is 18.3 Å². The second-order valence-corrected chi connectivity index (χ2v) is 3.59. The molecule has 0 unspecified atom stereocenters. The Kier molecular flexibility index (Phi) is 3.58. The van der Waals surface area contributed by atoms with Gasteiger partial charge in [0.25, 0.3) is 0 Å². The molecule has 0 fully saturated rings. The topological polar surface area (TPSA) is 69.4 Å². The zero-order valence-electron chi connectivity index (χ0n) is 7.56. The standard InChI is InChI=1S/C8H9NO4S/c1-2-5-13-8(10)6-3-4-7(14-6)9(11)12/h3-4H,2,5H2,1H3. The Hall–Kier alpha value is -1.43. The van der Waals surface area contributed by atoms with E-state index in [0.29, 0.717) is 6.61 Å². The molecule has 76 valence electrons. The zero-order valence-corrected chi connectivity index (χ0v) is 8.37. The molecule has 0 radical (unpaired) electrons. The number of ether oxygens (including phenoxy) is 1. The molecule has 0 aliphatic carbocycles. The highest BCUT2D eigenvalue weighted by Crippen LogP contribution is 2.24. The molecule has 0 atom stereocenters. The van der Waals surface area contributed by atoms with E-state index in [1.54, 1.807) is 0 Å². The minimum atomic E-state index is -0.527. The number of carbonyl (C=O) groups is 1. The van der Waals surface area contributed by atoms with Crippen LogP contribution in [0.4, 0.5) is 5.00 Å². The van der Waals surface area contributed by atoms with Gasteiger partial charge in [0, 0.05) is 6.07 Å². The SMILES string of the molecule is CCCOC(=O)c1ccc([N+](=O)[O-])s1. The fraction of sp³-hybridized carbons (Fsp3) is 0.375. The Morgan fingerprint density at radius 2 is 2.36 bits per heavy atom. The van der Waals surface area contributed by atoms with Gasteiger partial charge in [-0.15, -0.1) is 0 Å². The third kappa shape index (κ3) is 2.53. The minimum absolute atomic E-state index is 0.0477. The van der Waals surface area contributed by atoms with Gasteiger partial charge in [-0.3, -0.25) is 10.1 Å². The van der Waals surface area contributed by atoms with E-state index in [0.717, 1.165) is 17.8 Å². The molecule has 0 spiro atoms.